The lowest BCUT2D eigenvalue weighted by atomic mass is 10.1. The highest BCUT2D eigenvalue weighted by Crippen LogP contribution is 2.35. The van der Waals surface area contributed by atoms with E-state index in [1.165, 1.54) is 0 Å². The number of carbonyl (C=O) groups is 1. The lowest BCUT2D eigenvalue weighted by Crippen LogP contribution is -2.05. The van der Waals surface area contributed by atoms with Crippen LogP contribution in [-0.2, 0) is 10.9 Å². The quantitative estimate of drug-likeness (QED) is 0.615. The molecule has 0 atom stereocenters. The lowest BCUT2D eigenvalue weighted by molar-refractivity contribution is -0.137. The van der Waals surface area contributed by atoms with Gasteiger partial charge in [0.2, 0.25) is 0 Å². The van der Waals surface area contributed by atoms with Crippen LogP contribution >= 0.6 is 11.3 Å². The van der Waals surface area contributed by atoms with E-state index in [1.54, 1.807) is 13.8 Å². The van der Waals surface area contributed by atoms with Crippen LogP contribution in [0.3, 0.4) is 0 Å². The molecule has 2 rings (SSSR count). The van der Waals surface area contributed by atoms with Crippen molar-refractivity contribution >= 4 is 17.3 Å². The monoisotopic (exact) mass is 333 g/mol. The largest absolute Gasteiger partial charge is 0.462 e. The van der Waals surface area contributed by atoms with Crippen LogP contribution < -0.4 is 0 Å². The molecule has 0 N–H and O–H groups in total. The summed E-state index contributed by atoms with van der Waals surface area (Å²) in [6.45, 7) is 3.37. The molecule has 22 heavy (non-hydrogen) atoms. The predicted octanol–water partition coefficient (Wildman–Crippen LogP) is 4.45. The second-order valence-electron chi connectivity index (χ2n) is 4.35. The van der Waals surface area contributed by atoms with Crippen LogP contribution in [0.2, 0.25) is 0 Å². The number of ether oxygens (including phenoxy) is 1. The van der Waals surface area contributed by atoms with Gasteiger partial charge in [-0.05, 0) is 32.0 Å². The molecular formula is C14H11F4NO2S. The summed E-state index contributed by atoms with van der Waals surface area (Å²) < 4.78 is 56.3. The van der Waals surface area contributed by atoms with E-state index in [-0.39, 0.29) is 22.1 Å². The Morgan fingerprint density at radius 1 is 1.36 bits per heavy atom. The molecular weight excluding hydrogens is 322 g/mol. The molecule has 8 heteroatoms. The van der Waals surface area contributed by atoms with Crippen molar-refractivity contribution in [3.8, 4) is 10.6 Å². The van der Waals surface area contributed by atoms with Crippen molar-refractivity contribution in [3.05, 3.63) is 40.2 Å². The molecule has 0 bridgehead atoms. The van der Waals surface area contributed by atoms with Crippen LogP contribution in [0.25, 0.3) is 10.6 Å². The Kier molecular flexibility index (Phi) is 4.50. The molecule has 0 aliphatic carbocycles. The summed E-state index contributed by atoms with van der Waals surface area (Å²) in [7, 11) is 0. The van der Waals surface area contributed by atoms with E-state index in [4.69, 9.17) is 4.74 Å². The van der Waals surface area contributed by atoms with Crippen LogP contribution in [0.1, 0.15) is 27.9 Å². The Morgan fingerprint density at radius 3 is 2.59 bits per heavy atom. The molecule has 0 fully saturated rings. The van der Waals surface area contributed by atoms with Crippen LogP contribution in [0, 0.1) is 12.7 Å². The molecule has 1 heterocycles. The first-order valence-corrected chi connectivity index (χ1v) is 7.07. The van der Waals surface area contributed by atoms with Gasteiger partial charge < -0.3 is 4.74 Å². The topological polar surface area (TPSA) is 39.2 Å². The Morgan fingerprint density at radius 2 is 2.05 bits per heavy atom. The molecule has 0 radical (unpaired) electrons. The van der Waals surface area contributed by atoms with Crippen molar-refractivity contribution in [1.82, 2.24) is 4.98 Å². The summed E-state index contributed by atoms with van der Waals surface area (Å²) in [5, 5.41) is 0.131. The average molecular weight is 333 g/mol. The highest BCUT2D eigenvalue weighted by atomic mass is 32.1. The van der Waals surface area contributed by atoms with Crippen LogP contribution in [0.15, 0.2) is 18.2 Å². The molecule has 0 saturated heterocycles. The van der Waals surface area contributed by atoms with Gasteiger partial charge in [0.05, 0.1) is 17.9 Å². The van der Waals surface area contributed by atoms with Gasteiger partial charge in [0.1, 0.15) is 15.7 Å². The number of aryl methyl sites for hydroxylation is 1. The number of rotatable bonds is 3. The standard InChI is InChI=1S/C14H11F4NO2S/c1-3-21-13(20)11-7(2)19-12(22-11)9-5-4-8(6-10(9)15)14(16,17)18/h4-6H,3H2,1-2H3. The molecule has 0 spiro atoms. The Bertz CT molecular complexity index is 709. The smallest absolute Gasteiger partial charge is 0.416 e. The summed E-state index contributed by atoms with van der Waals surface area (Å²) in [4.78, 5) is 15.9. The maximum Gasteiger partial charge on any atom is 0.416 e. The lowest BCUT2D eigenvalue weighted by Gasteiger charge is -2.07. The Labute approximate surface area is 127 Å². The molecule has 0 amide bonds. The molecule has 0 unspecified atom stereocenters. The summed E-state index contributed by atoms with van der Waals surface area (Å²) in [6, 6.07) is 2.20. The van der Waals surface area contributed by atoms with E-state index in [9.17, 15) is 22.4 Å². The molecule has 3 nitrogen and oxygen atoms in total. The number of nitrogens with zero attached hydrogens (tertiary/aromatic N) is 1. The molecule has 0 aliphatic heterocycles. The predicted molar refractivity (Wildman–Crippen MR) is 73.2 cm³/mol. The van der Waals surface area contributed by atoms with E-state index >= 15 is 0 Å². The van der Waals surface area contributed by atoms with Crippen molar-refractivity contribution in [2.45, 2.75) is 20.0 Å². The van der Waals surface area contributed by atoms with E-state index in [0.29, 0.717) is 11.8 Å². The van der Waals surface area contributed by atoms with Crippen molar-refractivity contribution in [3.63, 3.8) is 0 Å². The third-order valence-electron chi connectivity index (χ3n) is 2.78. The molecule has 118 valence electrons. The molecule has 0 saturated carbocycles. The zero-order chi connectivity index (χ0) is 16.5. The van der Waals surface area contributed by atoms with Gasteiger partial charge in [0.25, 0.3) is 0 Å². The number of alkyl halides is 3. The molecule has 1 aromatic carbocycles. The minimum atomic E-state index is -4.62. The van der Waals surface area contributed by atoms with Gasteiger partial charge in [-0.3, -0.25) is 0 Å². The van der Waals surface area contributed by atoms with Gasteiger partial charge in [-0.25, -0.2) is 14.2 Å². The summed E-state index contributed by atoms with van der Waals surface area (Å²) in [5.41, 5.74) is -0.818. The van der Waals surface area contributed by atoms with Crippen molar-refractivity contribution in [1.29, 1.82) is 0 Å². The number of esters is 1. The minimum Gasteiger partial charge on any atom is -0.462 e. The first-order valence-electron chi connectivity index (χ1n) is 6.25. The molecule has 1 aromatic heterocycles. The minimum absolute atomic E-state index is 0.0864. The van der Waals surface area contributed by atoms with Gasteiger partial charge in [-0.15, -0.1) is 11.3 Å². The average Bonchev–Trinajstić information content (AvgIpc) is 2.79. The zero-order valence-corrected chi connectivity index (χ0v) is 12.4. The fourth-order valence-corrected chi connectivity index (χ4v) is 2.75. The van der Waals surface area contributed by atoms with Crippen molar-refractivity contribution < 1.29 is 27.1 Å². The van der Waals surface area contributed by atoms with Gasteiger partial charge in [0.15, 0.2) is 0 Å². The number of thiazole rings is 1. The normalized spacial score (nSPS) is 11.5. The molecule has 0 aliphatic rings. The second kappa shape index (κ2) is 6.04. The van der Waals surface area contributed by atoms with E-state index in [1.807, 2.05) is 0 Å². The second-order valence-corrected chi connectivity index (χ2v) is 5.35. The third-order valence-corrected chi connectivity index (χ3v) is 3.95. The Hall–Kier alpha value is -1.96. The van der Waals surface area contributed by atoms with Gasteiger partial charge in [-0.2, -0.15) is 13.2 Å². The first kappa shape index (κ1) is 16.4. The van der Waals surface area contributed by atoms with Crippen LogP contribution in [0.4, 0.5) is 17.6 Å². The number of halogens is 4. The van der Waals surface area contributed by atoms with Gasteiger partial charge in [-0.1, -0.05) is 0 Å². The van der Waals surface area contributed by atoms with Crippen LogP contribution in [-0.4, -0.2) is 17.6 Å². The fraction of sp³-hybridized carbons (Fsp3) is 0.286. The van der Waals surface area contributed by atoms with E-state index in [2.05, 4.69) is 4.98 Å². The summed E-state index contributed by atoms with van der Waals surface area (Å²) >= 11 is 0.881. The molecule has 2 aromatic rings. The fourth-order valence-electron chi connectivity index (χ4n) is 1.76. The highest BCUT2D eigenvalue weighted by Gasteiger charge is 2.31. The summed E-state index contributed by atoms with van der Waals surface area (Å²) in [6.07, 6.45) is -4.62. The first-order chi connectivity index (χ1) is 10.2. The zero-order valence-electron chi connectivity index (χ0n) is 11.6. The van der Waals surface area contributed by atoms with Crippen molar-refractivity contribution in [2.24, 2.45) is 0 Å². The number of hydrogen-bond donors (Lipinski definition) is 0. The number of aromatic nitrogens is 1. The number of hydrogen-bond acceptors (Lipinski definition) is 4. The van der Waals surface area contributed by atoms with Crippen molar-refractivity contribution in [2.75, 3.05) is 6.61 Å². The van der Waals surface area contributed by atoms with Crippen LogP contribution in [0.5, 0.6) is 0 Å². The van der Waals surface area contributed by atoms with Gasteiger partial charge >= 0.3 is 12.1 Å². The SMILES string of the molecule is CCOC(=O)c1sc(-c2ccc(C(F)(F)F)cc2F)nc1C. The van der Waals surface area contributed by atoms with E-state index < -0.39 is 23.5 Å². The van der Waals surface area contributed by atoms with E-state index in [0.717, 1.165) is 23.5 Å². The summed E-state index contributed by atoms with van der Waals surface area (Å²) in [5.74, 6) is -1.63. The Balaban J connectivity index is 2.41. The number of benzene rings is 1. The number of carbonyl (C=O) groups excluding carboxylic acids is 1. The maximum atomic E-state index is 13.9. The highest BCUT2D eigenvalue weighted by molar-refractivity contribution is 7.17. The third kappa shape index (κ3) is 3.27. The maximum absolute atomic E-state index is 13.9. The van der Waals surface area contributed by atoms with Gasteiger partial charge in [0, 0.05) is 5.56 Å².